The molecule has 148 valence electrons. The maximum Gasteiger partial charge on any atom is 0.317 e. The Balaban J connectivity index is 1.52. The van der Waals surface area contributed by atoms with Crippen molar-refractivity contribution >= 4 is 17.6 Å². The minimum absolute atomic E-state index is 0.0206. The number of nitrogens with one attached hydrogen (secondary N) is 2. The fourth-order valence-electron chi connectivity index (χ4n) is 3.63. The highest BCUT2D eigenvalue weighted by molar-refractivity contribution is 5.92. The average molecular weight is 380 g/mol. The molecule has 3 rings (SSSR count). The van der Waals surface area contributed by atoms with Gasteiger partial charge in [0.05, 0.1) is 6.04 Å². The molecule has 2 aromatic carbocycles. The summed E-state index contributed by atoms with van der Waals surface area (Å²) in [5.41, 5.74) is 1.93. The largest absolute Gasteiger partial charge is 0.331 e. The fourth-order valence-corrected chi connectivity index (χ4v) is 3.63. The molecule has 1 aliphatic rings. The van der Waals surface area contributed by atoms with Crippen LogP contribution in [0.3, 0.4) is 0 Å². The molecule has 1 saturated heterocycles. The molecule has 0 radical (unpaired) electrons. The molecular formula is C23H29N3O2. The quantitative estimate of drug-likeness (QED) is 0.806. The lowest BCUT2D eigenvalue weighted by Crippen LogP contribution is -2.47. The zero-order valence-electron chi connectivity index (χ0n) is 16.6. The van der Waals surface area contributed by atoms with Gasteiger partial charge < -0.3 is 15.5 Å². The van der Waals surface area contributed by atoms with E-state index >= 15 is 0 Å². The first kappa shape index (κ1) is 19.9. The van der Waals surface area contributed by atoms with Crippen LogP contribution in [0.4, 0.5) is 10.5 Å². The van der Waals surface area contributed by atoms with Crippen LogP contribution in [-0.2, 0) is 4.79 Å². The summed E-state index contributed by atoms with van der Waals surface area (Å²) in [5, 5.41) is 6.14. The number of piperidine rings is 1. The number of hydrogen-bond acceptors (Lipinski definition) is 2. The highest BCUT2D eigenvalue weighted by Gasteiger charge is 2.29. The number of urea groups is 1. The van der Waals surface area contributed by atoms with Crippen molar-refractivity contribution in [2.45, 2.75) is 32.7 Å². The zero-order chi connectivity index (χ0) is 19.9. The molecule has 1 aliphatic heterocycles. The summed E-state index contributed by atoms with van der Waals surface area (Å²) in [6.07, 6.45) is 1.37. The fraction of sp³-hybridized carbons (Fsp3) is 0.391. The van der Waals surface area contributed by atoms with Gasteiger partial charge in [-0.1, -0.05) is 62.4 Å². The number of amides is 3. The highest BCUT2D eigenvalue weighted by atomic mass is 16.2. The molecule has 0 bridgehead atoms. The lowest BCUT2D eigenvalue weighted by molar-refractivity contribution is -0.121. The number of rotatable bonds is 5. The molecule has 2 N–H and O–H groups in total. The van der Waals surface area contributed by atoms with Crippen molar-refractivity contribution in [3.05, 3.63) is 66.2 Å². The smallest absolute Gasteiger partial charge is 0.317 e. The van der Waals surface area contributed by atoms with Gasteiger partial charge in [-0.25, -0.2) is 4.79 Å². The van der Waals surface area contributed by atoms with Crippen molar-refractivity contribution in [3.63, 3.8) is 0 Å². The molecule has 5 heteroatoms. The maximum absolute atomic E-state index is 12.8. The minimum atomic E-state index is -0.0562. The molecule has 1 heterocycles. The molecular weight excluding hydrogens is 350 g/mol. The van der Waals surface area contributed by atoms with Gasteiger partial charge in [0.2, 0.25) is 5.91 Å². The lowest BCUT2D eigenvalue weighted by atomic mass is 9.95. The number of nitrogens with zero attached hydrogens (tertiary/aromatic N) is 1. The number of carbonyl (C=O) groups is 2. The molecule has 2 aromatic rings. The minimum Gasteiger partial charge on any atom is -0.331 e. The van der Waals surface area contributed by atoms with E-state index in [1.54, 1.807) is 0 Å². The molecule has 0 spiro atoms. The lowest BCUT2D eigenvalue weighted by Gasteiger charge is -2.33. The Labute approximate surface area is 167 Å². The van der Waals surface area contributed by atoms with E-state index < -0.39 is 0 Å². The van der Waals surface area contributed by atoms with Gasteiger partial charge in [-0.15, -0.1) is 0 Å². The molecule has 0 unspecified atom stereocenters. The number of carbonyl (C=O) groups excluding carboxylic acids is 2. The predicted octanol–water partition coefficient (Wildman–Crippen LogP) is 4.44. The van der Waals surface area contributed by atoms with E-state index in [1.165, 1.54) is 0 Å². The third-order valence-electron chi connectivity index (χ3n) is 5.30. The third-order valence-corrected chi connectivity index (χ3v) is 5.30. The van der Waals surface area contributed by atoms with Crippen LogP contribution in [0.2, 0.25) is 0 Å². The van der Waals surface area contributed by atoms with Crippen molar-refractivity contribution < 1.29 is 9.59 Å². The second kappa shape index (κ2) is 9.40. The Morgan fingerprint density at radius 2 is 1.50 bits per heavy atom. The SMILES string of the molecule is CC(C)[C@H](NC(=O)N1CCC(C(=O)Nc2ccccc2)CC1)c1ccccc1. The van der Waals surface area contributed by atoms with Crippen LogP contribution < -0.4 is 10.6 Å². The second-order valence-electron chi connectivity index (χ2n) is 7.70. The van der Waals surface area contributed by atoms with Gasteiger partial charge in [-0.2, -0.15) is 0 Å². The summed E-state index contributed by atoms with van der Waals surface area (Å²) in [6.45, 7) is 5.41. The van der Waals surface area contributed by atoms with E-state index in [0.29, 0.717) is 31.8 Å². The molecule has 28 heavy (non-hydrogen) atoms. The molecule has 3 amide bonds. The Kier molecular flexibility index (Phi) is 6.69. The van der Waals surface area contributed by atoms with Crippen LogP contribution in [0.25, 0.3) is 0 Å². The van der Waals surface area contributed by atoms with Crippen LogP contribution in [0, 0.1) is 11.8 Å². The molecule has 5 nitrogen and oxygen atoms in total. The number of hydrogen-bond donors (Lipinski definition) is 2. The Morgan fingerprint density at radius 3 is 2.07 bits per heavy atom. The van der Waals surface area contributed by atoms with Crippen LogP contribution in [-0.4, -0.2) is 29.9 Å². The van der Waals surface area contributed by atoms with Crippen LogP contribution in [0.1, 0.15) is 38.3 Å². The normalized spacial score (nSPS) is 15.9. The molecule has 1 atom stereocenters. The van der Waals surface area contributed by atoms with E-state index in [0.717, 1.165) is 11.3 Å². The van der Waals surface area contributed by atoms with Gasteiger partial charge in [-0.05, 0) is 36.5 Å². The molecule has 0 aliphatic carbocycles. The Hall–Kier alpha value is -2.82. The van der Waals surface area contributed by atoms with E-state index in [4.69, 9.17) is 0 Å². The first-order chi connectivity index (χ1) is 13.5. The van der Waals surface area contributed by atoms with Crippen LogP contribution in [0.15, 0.2) is 60.7 Å². The molecule has 0 aromatic heterocycles. The van der Waals surface area contributed by atoms with E-state index in [9.17, 15) is 9.59 Å². The second-order valence-corrected chi connectivity index (χ2v) is 7.70. The summed E-state index contributed by atoms with van der Waals surface area (Å²) < 4.78 is 0. The van der Waals surface area contributed by atoms with Gasteiger partial charge in [0.15, 0.2) is 0 Å². The van der Waals surface area contributed by atoms with E-state index in [-0.39, 0.29) is 23.9 Å². The summed E-state index contributed by atoms with van der Waals surface area (Å²) >= 11 is 0. The van der Waals surface area contributed by atoms with Crippen molar-refractivity contribution in [2.75, 3.05) is 18.4 Å². The van der Waals surface area contributed by atoms with Crippen molar-refractivity contribution in [3.8, 4) is 0 Å². The first-order valence-corrected chi connectivity index (χ1v) is 10.0. The standard InChI is InChI=1S/C23H29N3O2/c1-17(2)21(18-9-5-3-6-10-18)25-23(28)26-15-13-19(14-16-26)22(27)24-20-11-7-4-8-12-20/h3-12,17,19,21H,13-16H2,1-2H3,(H,24,27)(H,25,28)/t21-/m0/s1. The number of likely N-dealkylation sites (tertiary alicyclic amines) is 1. The topological polar surface area (TPSA) is 61.4 Å². The molecule has 1 fully saturated rings. The zero-order valence-corrected chi connectivity index (χ0v) is 16.6. The van der Waals surface area contributed by atoms with Crippen LogP contribution >= 0.6 is 0 Å². The maximum atomic E-state index is 12.8. The first-order valence-electron chi connectivity index (χ1n) is 10.0. The monoisotopic (exact) mass is 379 g/mol. The van der Waals surface area contributed by atoms with Crippen molar-refractivity contribution in [1.82, 2.24) is 10.2 Å². The highest BCUT2D eigenvalue weighted by Crippen LogP contribution is 2.23. The number of anilines is 1. The average Bonchev–Trinajstić information content (AvgIpc) is 2.73. The van der Waals surface area contributed by atoms with Gasteiger partial charge >= 0.3 is 6.03 Å². The van der Waals surface area contributed by atoms with Gasteiger partial charge in [0.1, 0.15) is 0 Å². The Morgan fingerprint density at radius 1 is 0.929 bits per heavy atom. The predicted molar refractivity (Wildman–Crippen MR) is 112 cm³/mol. The molecule has 0 saturated carbocycles. The van der Waals surface area contributed by atoms with Crippen molar-refractivity contribution in [2.24, 2.45) is 11.8 Å². The Bertz CT molecular complexity index is 769. The van der Waals surface area contributed by atoms with Crippen molar-refractivity contribution in [1.29, 1.82) is 0 Å². The number of benzene rings is 2. The third kappa shape index (κ3) is 5.12. The van der Waals surface area contributed by atoms with E-state index in [2.05, 4.69) is 24.5 Å². The van der Waals surface area contributed by atoms with E-state index in [1.807, 2.05) is 65.6 Å². The van der Waals surface area contributed by atoms with Gasteiger partial charge in [0, 0.05) is 24.7 Å². The summed E-state index contributed by atoms with van der Waals surface area (Å²) in [4.78, 5) is 27.1. The summed E-state index contributed by atoms with van der Waals surface area (Å²) in [5.74, 6) is 0.274. The summed E-state index contributed by atoms with van der Waals surface area (Å²) in [6, 6.07) is 19.5. The van der Waals surface area contributed by atoms with Crippen LogP contribution in [0.5, 0.6) is 0 Å². The van der Waals surface area contributed by atoms with Gasteiger partial charge in [-0.3, -0.25) is 4.79 Å². The number of para-hydroxylation sites is 1. The summed E-state index contributed by atoms with van der Waals surface area (Å²) in [7, 11) is 0. The van der Waals surface area contributed by atoms with Gasteiger partial charge in [0.25, 0.3) is 0 Å².